The molecule has 0 bridgehead atoms. The first-order valence-electron chi connectivity index (χ1n) is 12.1. The number of aromatic nitrogens is 1. The molecule has 0 radical (unpaired) electrons. The highest BCUT2D eigenvalue weighted by Gasteiger charge is 2.48. The number of carbonyl (C=O) groups is 2. The summed E-state index contributed by atoms with van der Waals surface area (Å²) in [6.07, 6.45) is 8.84. The quantitative estimate of drug-likeness (QED) is 0.611. The maximum Gasteiger partial charge on any atom is 0.271 e. The fourth-order valence-corrected chi connectivity index (χ4v) is 6.11. The predicted octanol–water partition coefficient (Wildman–Crippen LogP) is 5.36. The van der Waals surface area contributed by atoms with E-state index in [1.807, 2.05) is 17.9 Å². The molecule has 2 aliphatic rings. The van der Waals surface area contributed by atoms with E-state index >= 15 is 0 Å². The number of aryl methyl sites for hydroxylation is 1. The molecule has 1 atom stereocenters. The number of nitrogens with zero attached hydrogens (tertiary/aromatic N) is 2. The number of amides is 2. The second-order valence-electron chi connectivity index (χ2n) is 10.0. The van der Waals surface area contributed by atoms with Gasteiger partial charge in [0, 0.05) is 17.5 Å². The summed E-state index contributed by atoms with van der Waals surface area (Å²) in [5, 5.41) is 3.35. The second kappa shape index (κ2) is 8.97. The van der Waals surface area contributed by atoms with Crippen LogP contribution in [0.15, 0.2) is 12.1 Å². The first-order chi connectivity index (χ1) is 14.8. The summed E-state index contributed by atoms with van der Waals surface area (Å²) in [6.45, 7) is 9.60. The van der Waals surface area contributed by atoms with Gasteiger partial charge >= 0.3 is 0 Å². The van der Waals surface area contributed by atoms with Gasteiger partial charge in [-0.2, -0.15) is 0 Å². The molecule has 5 nitrogen and oxygen atoms in total. The van der Waals surface area contributed by atoms with Crippen molar-refractivity contribution in [2.75, 3.05) is 6.54 Å². The Kier molecular flexibility index (Phi) is 6.47. The maximum atomic E-state index is 13.7. The lowest BCUT2D eigenvalue weighted by atomic mass is 9.92. The molecule has 6 heteroatoms. The number of hydrogen-bond acceptors (Lipinski definition) is 3. The Hall–Kier alpha value is -1.82. The Morgan fingerprint density at radius 3 is 2.58 bits per heavy atom. The first-order valence-corrected chi connectivity index (χ1v) is 12.9. The molecule has 1 aliphatic carbocycles. The van der Waals surface area contributed by atoms with Crippen LogP contribution in [0.1, 0.15) is 88.0 Å². The van der Waals surface area contributed by atoms with Crippen molar-refractivity contribution in [3.8, 4) is 0 Å². The molecule has 2 amide bonds. The molecule has 4 rings (SSSR count). The minimum absolute atomic E-state index is 0.00753. The average molecular weight is 444 g/mol. The van der Waals surface area contributed by atoms with Crippen molar-refractivity contribution >= 4 is 33.4 Å². The molecule has 31 heavy (non-hydrogen) atoms. The van der Waals surface area contributed by atoms with Crippen LogP contribution < -0.4 is 5.32 Å². The van der Waals surface area contributed by atoms with Crippen molar-refractivity contribution in [3.63, 3.8) is 0 Å². The third-order valence-corrected chi connectivity index (χ3v) is 8.34. The fraction of sp³-hybridized carbons (Fsp3) is 0.680. The maximum absolute atomic E-state index is 13.7. The van der Waals surface area contributed by atoms with Crippen molar-refractivity contribution in [2.24, 2.45) is 5.92 Å². The highest BCUT2D eigenvalue weighted by atomic mass is 32.1. The molecule has 170 valence electrons. The number of rotatable bonds is 6. The van der Waals surface area contributed by atoms with E-state index < -0.39 is 5.54 Å². The minimum Gasteiger partial charge on any atom is -0.351 e. The Balaban J connectivity index is 1.68. The standard InChI is InChI=1S/C25H37N3O2S/c1-5-19-14-20-22(31-19)15-21-23(29)28(13-12-17(2)3)25(4,16-27(20)21)24(30)26-18-10-8-6-7-9-11-18/h14-15,17-18H,5-13,16H2,1-4H3,(H,26,30)/t25-/m1/s1. The highest BCUT2D eigenvalue weighted by molar-refractivity contribution is 7.19. The minimum atomic E-state index is -0.870. The Labute approximate surface area is 190 Å². The molecular formula is C25H37N3O2S. The molecule has 2 aromatic rings. The van der Waals surface area contributed by atoms with Crippen LogP contribution in [0, 0.1) is 5.92 Å². The van der Waals surface area contributed by atoms with Crippen molar-refractivity contribution in [1.82, 2.24) is 14.8 Å². The smallest absolute Gasteiger partial charge is 0.271 e. The number of hydrogen-bond donors (Lipinski definition) is 1. The number of fused-ring (bicyclic) bond motifs is 3. The zero-order valence-electron chi connectivity index (χ0n) is 19.5. The molecule has 1 aliphatic heterocycles. The zero-order valence-corrected chi connectivity index (χ0v) is 20.3. The summed E-state index contributed by atoms with van der Waals surface area (Å²) >= 11 is 1.76. The molecule has 0 aromatic carbocycles. The van der Waals surface area contributed by atoms with Gasteiger partial charge in [-0.05, 0) is 50.7 Å². The van der Waals surface area contributed by atoms with Gasteiger partial charge < -0.3 is 14.8 Å². The largest absolute Gasteiger partial charge is 0.351 e. The van der Waals surface area contributed by atoms with Crippen LogP contribution in [-0.2, 0) is 17.8 Å². The van der Waals surface area contributed by atoms with E-state index in [9.17, 15) is 9.59 Å². The third-order valence-electron chi connectivity index (χ3n) is 7.12. The molecule has 0 unspecified atom stereocenters. The van der Waals surface area contributed by atoms with Gasteiger partial charge in [0.25, 0.3) is 5.91 Å². The molecule has 0 saturated heterocycles. The van der Waals surface area contributed by atoms with Gasteiger partial charge in [0.1, 0.15) is 11.2 Å². The van der Waals surface area contributed by atoms with E-state index in [0.29, 0.717) is 19.0 Å². The lowest BCUT2D eigenvalue weighted by Crippen LogP contribution is -2.65. The fourth-order valence-electron chi connectivity index (χ4n) is 5.06. The summed E-state index contributed by atoms with van der Waals surface area (Å²) in [5.41, 5.74) is 0.959. The Morgan fingerprint density at radius 2 is 1.94 bits per heavy atom. The highest BCUT2D eigenvalue weighted by Crippen LogP contribution is 2.36. The van der Waals surface area contributed by atoms with Crippen LogP contribution in [0.5, 0.6) is 0 Å². The van der Waals surface area contributed by atoms with Crippen molar-refractivity contribution < 1.29 is 9.59 Å². The Bertz CT molecular complexity index is 952. The SMILES string of the molecule is CCc1cc2c(cc3n2C[C@](C)(C(=O)NC2CCCCCC2)N(CCC(C)C)C3=O)s1. The van der Waals surface area contributed by atoms with Crippen LogP contribution in [-0.4, -0.2) is 39.4 Å². The third kappa shape index (κ3) is 4.28. The summed E-state index contributed by atoms with van der Waals surface area (Å²) in [5.74, 6) is 0.480. The van der Waals surface area contributed by atoms with Gasteiger partial charge in [-0.25, -0.2) is 0 Å². The first kappa shape index (κ1) is 22.4. The van der Waals surface area contributed by atoms with Gasteiger partial charge in [0.05, 0.1) is 16.8 Å². The van der Waals surface area contributed by atoms with Crippen LogP contribution in [0.25, 0.3) is 10.2 Å². The van der Waals surface area contributed by atoms with E-state index in [4.69, 9.17) is 0 Å². The van der Waals surface area contributed by atoms with Crippen molar-refractivity contribution in [2.45, 2.75) is 97.2 Å². The number of thiophene rings is 1. The zero-order chi connectivity index (χ0) is 22.2. The summed E-state index contributed by atoms with van der Waals surface area (Å²) in [6, 6.07) is 4.46. The number of carbonyl (C=O) groups excluding carboxylic acids is 2. The Morgan fingerprint density at radius 1 is 1.23 bits per heavy atom. The molecule has 3 heterocycles. The number of nitrogens with one attached hydrogen (secondary N) is 1. The topological polar surface area (TPSA) is 54.3 Å². The van der Waals surface area contributed by atoms with Crippen molar-refractivity contribution in [1.29, 1.82) is 0 Å². The summed E-state index contributed by atoms with van der Waals surface area (Å²) in [4.78, 5) is 30.5. The summed E-state index contributed by atoms with van der Waals surface area (Å²) in [7, 11) is 0. The molecule has 1 N–H and O–H groups in total. The molecule has 1 fully saturated rings. The molecule has 0 spiro atoms. The van der Waals surface area contributed by atoms with Crippen LogP contribution in [0.3, 0.4) is 0 Å². The van der Waals surface area contributed by atoms with E-state index in [2.05, 4.69) is 36.7 Å². The van der Waals surface area contributed by atoms with Crippen molar-refractivity contribution in [3.05, 3.63) is 22.7 Å². The lowest BCUT2D eigenvalue weighted by molar-refractivity contribution is -0.133. The van der Waals surface area contributed by atoms with Gasteiger partial charge in [0.2, 0.25) is 5.91 Å². The summed E-state index contributed by atoms with van der Waals surface area (Å²) < 4.78 is 3.25. The van der Waals surface area contributed by atoms with E-state index in [0.717, 1.165) is 41.6 Å². The monoisotopic (exact) mass is 443 g/mol. The second-order valence-corrected chi connectivity index (χ2v) is 11.2. The van der Waals surface area contributed by atoms with E-state index in [1.54, 1.807) is 11.3 Å². The van der Waals surface area contributed by atoms with Gasteiger partial charge in [-0.3, -0.25) is 9.59 Å². The molecule has 2 aromatic heterocycles. The van der Waals surface area contributed by atoms with Gasteiger partial charge in [-0.15, -0.1) is 11.3 Å². The van der Waals surface area contributed by atoms with Crippen LogP contribution in [0.2, 0.25) is 0 Å². The van der Waals surface area contributed by atoms with E-state index in [1.165, 1.54) is 30.6 Å². The van der Waals surface area contributed by atoms with E-state index in [-0.39, 0.29) is 17.9 Å². The molecular weight excluding hydrogens is 406 g/mol. The van der Waals surface area contributed by atoms with Crippen LogP contribution >= 0.6 is 11.3 Å². The average Bonchev–Trinajstić information content (AvgIpc) is 3.16. The van der Waals surface area contributed by atoms with Gasteiger partial charge in [0.15, 0.2) is 0 Å². The predicted molar refractivity (Wildman–Crippen MR) is 128 cm³/mol. The van der Waals surface area contributed by atoms with Crippen LogP contribution in [0.4, 0.5) is 0 Å². The van der Waals surface area contributed by atoms with Gasteiger partial charge in [-0.1, -0.05) is 46.5 Å². The normalized spacial score (nSPS) is 22.7. The molecule has 1 saturated carbocycles. The lowest BCUT2D eigenvalue weighted by Gasteiger charge is -2.45.